The van der Waals surface area contributed by atoms with Crippen LogP contribution in [0.4, 0.5) is 17.3 Å². The minimum absolute atomic E-state index is 0.0553. The molecule has 0 fully saturated rings. The number of carbonyl (C=O) groups excluding carboxylic acids is 1. The smallest absolute Gasteiger partial charge is 0.251 e. The molecule has 33 heavy (non-hydrogen) atoms. The summed E-state index contributed by atoms with van der Waals surface area (Å²) in [5.41, 5.74) is 2.75. The molecule has 4 aromatic rings. The molecule has 0 saturated carbocycles. The van der Waals surface area contributed by atoms with Crippen molar-refractivity contribution in [3.63, 3.8) is 0 Å². The van der Waals surface area contributed by atoms with Crippen LogP contribution in [0, 0.1) is 0 Å². The monoisotopic (exact) mass is 465 g/mol. The zero-order valence-electron chi connectivity index (χ0n) is 18.1. The van der Waals surface area contributed by atoms with Crippen molar-refractivity contribution >= 4 is 44.2 Å². The second-order valence-corrected chi connectivity index (χ2v) is 9.22. The molecule has 0 aliphatic heterocycles. The number of hydrogen-bond acceptors (Lipinski definition) is 7. The molecule has 4 rings (SSSR count). The number of anilines is 3. The van der Waals surface area contributed by atoms with Crippen LogP contribution in [0.15, 0.2) is 61.2 Å². The van der Waals surface area contributed by atoms with Gasteiger partial charge in [-0.3, -0.25) is 14.5 Å². The number of benzene rings is 1. The van der Waals surface area contributed by atoms with Crippen molar-refractivity contribution in [3.05, 3.63) is 72.4 Å². The molecular formula is C22H23N7O3S. The molecule has 0 spiro atoms. The highest BCUT2D eigenvalue weighted by Crippen LogP contribution is 2.23. The van der Waals surface area contributed by atoms with E-state index in [0.717, 1.165) is 16.6 Å². The number of sulfonamides is 1. The van der Waals surface area contributed by atoms with Crippen LogP contribution in [-0.4, -0.2) is 46.6 Å². The van der Waals surface area contributed by atoms with Crippen LogP contribution >= 0.6 is 0 Å². The Hall–Kier alpha value is -3.99. The van der Waals surface area contributed by atoms with Crippen molar-refractivity contribution in [1.29, 1.82) is 0 Å². The molecule has 3 N–H and O–H groups in total. The van der Waals surface area contributed by atoms with Crippen LogP contribution in [0.3, 0.4) is 0 Å². The fourth-order valence-corrected chi connectivity index (χ4v) is 3.84. The van der Waals surface area contributed by atoms with E-state index in [2.05, 4.69) is 30.3 Å². The summed E-state index contributed by atoms with van der Waals surface area (Å²) in [6, 6.07) is 10.9. The Morgan fingerprint density at radius 3 is 2.55 bits per heavy atom. The van der Waals surface area contributed by atoms with Crippen molar-refractivity contribution in [2.75, 3.05) is 22.8 Å². The van der Waals surface area contributed by atoms with E-state index in [1.165, 1.54) is 12.4 Å². The highest BCUT2D eigenvalue weighted by Gasteiger charge is 2.14. The van der Waals surface area contributed by atoms with E-state index in [4.69, 9.17) is 0 Å². The number of rotatable bonds is 8. The normalized spacial score (nSPS) is 11.3. The Morgan fingerprint density at radius 1 is 1.06 bits per heavy atom. The van der Waals surface area contributed by atoms with Crippen LogP contribution in [0.5, 0.6) is 0 Å². The average molecular weight is 466 g/mol. The van der Waals surface area contributed by atoms with E-state index in [9.17, 15) is 13.2 Å². The van der Waals surface area contributed by atoms with E-state index in [-0.39, 0.29) is 17.5 Å². The first-order chi connectivity index (χ1) is 15.9. The quantitative estimate of drug-likeness (QED) is 0.365. The highest BCUT2D eigenvalue weighted by atomic mass is 32.2. The van der Waals surface area contributed by atoms with Gasteiger partial charge in [-0.25, -0.2) is 18.4 Å². The van der Waals surface area contributed by atoms with Gasteiger partial charge in [0.25, 0.3) is 5.91 Å². The molecule has 10 nitrogen and oxygen atoms in total. The largest absolute Gasteiger partial charge is 0.355 e. The number of pyridine rings is 1. The predicted octanol–water partition coefficient (Wildman–Crippen LogP) is 2.74. The number of amides is 1. The van der Waals surface area contributed by atoms with Gasteiger partial charge in [-0.15, -0.1) is 0 Å². The molecule has 0 saturated heterocycles. The molecule has 3 aromatic heterocycles. The maximum Gasteiger partial charge on any atom is 0.251 e. The van der Waals surface area contributed by atoms with Crippen molar-refractivity contribution in [2.24, 2.45) is 0 Å². The highest BCUT2D eigenvalue weighted by molar-refractivity contribution is 7.92. The summed E-state index contributed by atoms with van der Waals surface area (Å²) in [6.45, 7) is 1.88. The van der Waals surface area contributed by atoms with Gasteiger partial charge in [0.05, 0.1) is 17.8 Å². The molecule has 1 aromatic carbocycles. The SMILES string of the molecule is CCS(=O)(=O)Nc1nccnc1Cn1ccc2cnc(Nc3ccc(C(=O)NC)cc3)cc21. The predicted molar refractivity (Wildman–Crippen MR) is 127 cm³/mol. The second-order valence-electron chi connectivity index (χ2n) is 7.21. The molecule has 170 valence electrons. The minimum Gasteiger partial charge on any atom is -0.355 e. The molecule has 0 bridgehead atoms. The van der Waals surface area contributed by atoms with Gasteiger partial charge >= 0.3 is 0 Å². The molecule has 0 unspecified atom stereocenters. The Morgan fingerprint density at radius 2 is 1.82 bits per heavy atom. The Bertz CT molecular complexity index is 1400. The third kappa shape index (κ3) is 5.09. The fourth-order valence-electron chi connectivity index (χ4n) is 3.24. The van der Waals surface area contributed by atoms with Crippen molar-refractivity contribution < 1.29 is 13.2 Å². The lowest BCUT2D eigenvalue weighted by Gasteiger charge is -2.12. The van der Waals surface area contributed by atoms with E-state index >= 15 is 0 Å². The molecular weight excluding hydrogens is 442 g/mol. The van der Waals surface area contributed by atoms with E-state index in [0.29, 0.717) is 23.6 Å². The molecule has 11 heteroatoms. The van der Waals surface area contributed by atoms with Gasteiger partial charge in [0, 0.05) is 54.5 Å². The lowest BCUT2D eigenvalue weighted by molar-refractivity contribution is 0.0963. The molecule has 0 radical (unpaired) electrons. The molecule has 1 amide bonds. The summed E-state index contributed by atoms with van der Waals surface area (Å²) in [5, 5.41) is 6.75. The first kappa shape index (κ1) is 22.2. The Balaban J connectivity index is 1.59. The van der Waals surface area contributed by atoms with Crippen molar-refractivity contribution in [1.82, 2.24) is 24.8 Å². The maximum absolute atomic E-state index is 12.0. The zero-order chi connectivity index (χ0) is 23.4. The topological polar surface area (TPSA) is 131 Å². The average Bonchev–Trinajstić information content (AvgIpc) is 3.22. The standard InChI is InChI=1S/C22H23N7O3S/c1-3-33(31,32)28-21-18(24-9-10-25-21)14-29-11-8-16-13-26-20(12-19(16)29)27-17-6-4-15(5-7-17)22(30)23-2/h4-13H,3,14H2,1-2H3,(H,23,30)(H,25,28)(H,26,27). The number of hydrogen-bond donors (Lipinski definition) is 3. The minimum atomic E-state index is -3.47. The molecule has 0 atom stereocenters. The van der Waals surface area contributed by atoms with E-state index in [1.807, 2.05) is 22.9 Å². The Kier molecular flexibility index (Phi) is 6.22. The summed E-state index contributed by atoms with van der Waals surface area (Å²) >= 11 is 0. The zero-order valence-corrected chi connectivity index (χ0v) is 18.9. The van der Waals surface area contributed by atoms with Gasteiger partial charge in [0.15, 0.2) is 5.82 Å². The summed E-state index contributed by atoms with van der Waals surface area (Å²) in [5.74, 6) is 0.634. The molecule has 0 aliphatic carbocycles. The third-order valence-electron chi connectivity index (χ3n) is 5.03. The second kappa shape index (κ2) is 9.25. The maximum atomic E-state index is 12.0. The fraction of sp³-hybridized carbons (Fsp3) is 0.182. The summed E-state index contributed by atoms with van der Waals surface area (Å²) < 4.78 is 28.4. The lowest BCUT2D eigenvalue weighted by atomic mass is 10.2. The van der Waals surface area contributed by atoms with Crippen LogP contribution in [0.1, 0.15) is 23.0 Å². The van der Waals surface area contributed by atoms with Gasteiger partial charge < -0.3 is 15.2 Å². The van der Waals surface area contributed by atoms with E-state index in [1.54, 1.807) is 44.4 Å². The number of carbonyl (C=O) groups is 1. The number of fused-ring (bicyclic) bond motifs is 1. The lowest BCUT2D eigenvalue weighted by Crippen LogP contribution is -2.18. The number of nitrogens with one attached hydrogen (secondary N) is 3. The van der Waals surface area contributed by atoms with Gasteiger partial charge in [0.1, 0.15) is 11.5 Å². The first-order valence-electron chi connectivity index (χ1n) is 10.2. The van der Waals surface area contributed by atoms with Crippen LogP contribution < -0.4 is 15.4 Å². The van der Waals surface area contributed by atoms with Crippen LogP contribution in [0.25, 0.3) is 10.9 Å². The van der Waals surface area contributed by atoms with E-state index < -0.39 is 10.0 Å². The third-order valence-corrected chi connectivity index (χ3v) is 6.29. The summed E-state index contributed by atoms with van der Waals surface area (Å²) in [4.78, 5) is 24.6. The van der Waals surface area contributed by atoms with Gasteiger partial charge in [0.2, 0.25) is 10.0 Å². The number of aromatic nitrogens is 4. The summed E-state index contributed by atoms with van der Waals surface area (Å²) in [7, 11) is -1.89. The first-order valence-corrected chi connectivity index (χ1v) is 11.9. The Labute approximate surface area is 191 Å². The van der Waals surface area contributed by atoms with Gasteiger partial charge in [-0.2, -0.15) is 0 Å². The van der Waals surface area contributed by atoms with Crippen molar-refractivity contribution in [3.8, 4) is 0 Å². The number of nitrogens with zero attached hydrogens (tertiary/aromatic N) is 4. The van der Waals surface area contributed by atoms with Gasteiger partial charge in [-0.1, -0.05) is 0 Å². The van der Waals surface area contributed by atoms with Crippen LogP contribution in [0.2, 0.25) is 0 Å². The molecule has 0 aliphatic rings. The van der Waals surface area contributed by atoms with Gasteiger partial charge in [-0.05, 0) is 37.3 Å². The summed E-state index contributed by atoms with van der Waals surface area (Å²) in [6.07, 6.45) is 6.62. The molecule has 3 heterocycles. The van der Waals surface area contributed by atoms with Crippen LogP contribution in [-0.2, 0) is 16.6 Å². The van der Waals surface area contributed by atoms with Crippen molar-refractivity contribution in [2.45, 2.75) is 13.5 Å².